The minimum absolute atomic E-state index is 0.0681. The average Bonchev–Trinajstić information content (AvgIpc) is 3.35. The predicted octanol–water partition coefficient (Wildman–Crippen LogP) is 2.69. The summed E-state index contributed by atoms with van der Waals surface area (Å²) in [5, 5.41) is 14.2. The van der Waals surface area contributed by atoms with Crippen LogP contribution in [0, 0.1) is 23.7 Å². The second-order valence-electron chi connectivity index (χ2n) is 10.4. The van der Waals surface area contributed by atoms with E-state index in [0.29, 0.717) is 18.4 Å². The smallest absolute Gasteiger partial charge is 0.286 e. The molecule has 4 atom stereocenters. The lowest BCUT2D eigenvalue weighted by Crippen LogP contribution is -2.54. The Balaban J connectivity index is 1.55. The third kappa shape index (κ3) is 4.20. The molecule has 1 aromatic rings. The highest BCUT2D eigenvalue weighted by Crippen LogP contribution is 2.55. The Kier molecular flexibility index (Phi) is 5.67. The fourth-order valence-electron chi connectivity index (χ4n) is 6.06. The Morgan fingerprint density at radius 3 is 2.66 bits per heavy atom. The van der Waals surface area contributed by atoms with Crippen LogP contribution in [0.1, 0.15) is 39.5 Å². The van der Waals surface area contributed by atoms with Crippen molar-refractivity contribution in [1.82, 2.24) is 4.90 Å². The summed E-state index contributed by atoms with van der Waals surface area (Å²) in [5.41, 5.74) is 0.150. The zero-order valence-electron chi connectivity index (χ0n) is 19.9. The molecule has 12 heteroatoms. The van der Waals surface area contributed by atoms with E-state index in [2.05, 4.69) is 28.3 Å². The quantitative estimate of drug-likeness (QED) is 0.521. The van der Waals surface area contributed by atoms with Crippen LogP contribution in [0.5, 0.6) is 0 Å². The van der Waals surface area contributed by atoms with E-state index in [1.165, 1.54) is 18.2 Å². The van der Waals surface area contributed by atoms with E-state index in [0.717, 1.165) is 31.9 Å². The van der Waals surface area contributed by atoms with E-state index in [-0.39, 0.29) is 51.3 Å². The van der Waals surface area contributed by atoms with Gasteiger partial charge in [0.1, 0.15) is 16.2 Å². The van der Waals surface area contributed by atoms with Crippen molar-refractivity contribution in [1.29, 1.82) is 0 Å². The molecule has 4 aliphatic rings. The van der Waals surface area contributed by atoms with Gasteiger partial charge in [0.25, 0.3) is 15.9 Å². The Labute approximate surface area is 205 Å². The third-order valence-corrected chi connectivity index (χ3v) is 9.41. The van der Waals surface area contributed by atoms with Gasteiger partial charge in [0.2, 0.25) is 10.0 Å². The summed E-state index contributed by atoms with van der Waals surface area (Å²) >= 11 is 0. The van der Waals surface area contributed by atoms with Gasteiger partial charge in [-0.1, -0.05) is 13.8 Å². The Hall–Kier alpha value is -2.60. The number of sulfonamides is 2. The number of anilines is 2. The highest BCUT2D eigenvalue weighted by atomic mass is 32.2. The highest BCUT2D eigenvalue weighted by molar-refractivity contribution is 7.92. The predicted molar refractivity (Wildman–Crippen MR) is 132 cm³/mol. The number of carbonyl (C=O) groups excluding carboxylic acids is 1. The highest BCUT2D eigenvalue weighted by Gasteiger charge is 2.57. The number of hydrogen-bond donors (Lipinski definition) is 3. The van der Waals surface area contributed by atoms with Gasteiger partial charge in [-0.2, -0.15) is 8.42 Å². The van der Waals surface area contributed by atoms with Crippen LogP contribution in [0.15, 0.2) is 38.8 Å². The summed E-state index contributed by atoms with van der Waals surface area (Å²) < 4.78 is 55.4. The SMILES string of the molecule is CC(C)CCN1C(=O)C(C2=NS(=O)(=O)c3cc(NS(C)(=O)=O)ccc3N2)=C(O)C2C3CCC(C3)C21. The van der Waals surface area contributed by atoms with E-state index in [4.69, 9.17) is 0 Å². The van der Waals surface area contributed by atoms with Gasteiger partial charge >= 0.3 is 0 Å². The summed E-state index contributed by atoms with van der Waals surface area (Å²) in [5.74, 6) is 0.0900. The van der Waals surface area contributed by atoms with E-state index >= 15 is 0 Å². The fraction of sp³-hybridized carbons (Fsp3) is 0.565. The van der Waals surface area contributed by atoms with Crippen molar-refractivity contribution in [2.45, 2.75) is 50.5 Å². The molecule has 0 saturated heterocycles. The Morgan fingerprint density at radius 2 is 1.97 bits per heavy atom. The minimum atomic E-state index is -4.27. The number of aliphatic hydroxyl groups is 1. The standard InChI is InChI=1S/C23H30N4O6S2/c1-12(2)8-9-27-20-14-5-4-13(10-14)18(20)21(28)19(23(27)29)22-24-16-7-6-15(25-34(3,30)31)11-17(16)35(32,33)26-22/h6-7,11-14,18,20,25,28H,4-5,8-10H2,1-3H3,(H,24,26). The molecule has 1 amide bonds. The first-order valence-corrected chi connectivity index (χ1v) is 15.2. The van der Waals surface area contributed by atoms with Gasteiger partial charge in [0.15, 0.2) is 5.84 Å². The van der Waals surface area contributed by atoms with Crippen LogP contribution in [0.3, 0.4) is 0 Å². The molecular weight excluding hydrogens is 492 g/mol. The molecule has 10 nitrogen and oxygen atoms in total. The first-order chi connectivity index (χ1) is 16.4. The third-order valence-electron chi connectivity index (χ3n) is 7.49. The van der Waals surface area contributed by atoms with Crippen molar-refractivity contribution in [3.05, 3.63) is 29.5 Å². The molecule has 190 valence electrons. The summed E-state index contributed by atoms with van der Waals surface area (Å²) in [6, 6.07) is 3.94. The van der Waals surface area contributed by atoms with Crippen molar-refractivity contribution >= 4 is 43.2 Å². The van der Waals surface area contributed by atoms with E-state index in [9.17, 15) is 26.7 Å². The largest absolute Gasteiger partial charge is 0.511 e. The summed E-state index contributed by atoms with van der Waals surface area (Å²) in [7, 11) is -7.87. The van der Waals surface area contributed by atoms with Crippen molar-refractivity contribution in [2.24, 2.45) is 28.1 Å². The van der Waals surface area contributed by atoms with Crippen LogP contribution >= 0.6 is 0 Å². The topological polar surface area (TPSA) is 145 Å². The van der Waals surface area contributed by atoms with Gasteiger partial charge in [-0.15, -0.1) is 4.40 Å². The van der Waals surface area contributed by atoms with Crippen LogP contribution in [-0.4, -0.2) is 57.4 Å². The van der Waals surface area contributed by atoms with Gasteiger partial charge in [-0.25, -0.2) is 8.42 Å². The Bertz CT molecular complexity index is 1370. The van der Waals surface area contributed by atoms with Crippen LogP contribution < -0.4 is 10.0 Å². The first kappa shape index (κ1) is 24.1. The molecule has 0 aromatic heterocycles. The number of amidine groups is 1. The lowest BCUT2D eigenvalue weighted by atomic mass is 9.77. The number of carbonyl (C=O) groups is 1. The van der Waals surface area contributed by atoms with Gasteiger partial charge in [-0.3, -0.25) is 9.52 Å². The number of aliphatic hydroxyl groups excluding tert-OH is 1. The second kappa shape index (κ2) is 8.22. The van der Waals surface area contributed by atoms with Crippen LogP contribution in [0.25, 0.3) is 0 Å². The summed E-state index contributed by atoms with van der Waals surface area (Å²) in [6.07, 6.45) is 4.73. The number of nitrogens with one attached hydrogen (secondary N) is 2. The normalized spacial score (nSPS) is 29.1. The van der Waals surface area contributed by atoms with Gasteiger partial charge in [0, 0.05) is 24.2 Å². The molecule has 2 aliphatic carbocycles. The van der Waals surface area contributed by atoms with E-state index in [1.807, 2.05) is 4.90 Å². The maximum absolute atomic E-state index is 13.7. The van der Waals surface area contributed by atoms with E-state index in [1.54, 1.807) is 0 Å². The molecule has 2 heterocycles. The van der Waals surface area contributed by atoms with Crippen molar-refractivity contribution in [3.63, 3.8) is 0 Å². The molecule has 5 rings (SSSR count). The number of hydrogen-bond acceptors (Lipinski definition) is 7. The molecule has 2 aliphatic heterocycles. The van der Waals surface area contributed by atoms with Crippen LogP contribution in [0.4, 0.5) is 11.4 Å². The average molecular weight is 523 g/mol. The van der Waals surface area contributed by atoms with E-state index < -0.39 is 26.0 Å². The lowest BCUT2D eigenvalue weighted by molar-refractivity contribution is -0.133. The van der Waals surface area contributed by atoms with Gasteiger partial charge in [-0.05, 0) is 61.6 Å². The maximum Gasteiger partial charge on any atom is 0.286 e. The van der Waals surface area contributed by atoms with Crippen molar-refractivity contribution in [2.75, 3.05) is 22.8 Å². The summed E-state index contributed by atoms with van der Waals surface area (Å²) in [6.45, 7) is 4.71. The Morgan fingerprint density at radius 1 is 1.26 bits per heavy atom. The number of fused-ring (bicyclic) bond motifs is 6. The molecule has 3 N–H and O–H groups in total. The maximum atomic E-state index is 13.7. The van der Waals surface area contributed by atoms with Gasteiger partial charge in [0.05, 0.1) is 11.9 Å². The molecule has 0 radical (unpaired) electrons. The number of benzene rings is 1. The molecular formula is C23H30N4O6S2. The first-order valence-electron chi connectivity index (χ1n) is 11.8. The number of amides is 1. The zero-order chi connectivity index (χ0) is 25.3. The number of nitrogens with zero attached hydrogens (tertiary/aromatic N) is 2. The van der Waals surface area contributed by atoms with Crippen LogP contribution in [-0.2, 0) is 24.8 Å². The molecule has 2 bridgehead atoms. The zero-order valence-corrected chi connectivity index (χ0v) is 21.5. The molecule has 2 fully saturated rings. The molecule has 2 saturated carbocycles. The van der Waals surface area contributed by atoms with Gasteiger partial charge < -0.3 is 15.3 Å². The lowest BCUT2D eigenvalue weighted by Gasteiger charge is -2.44. The molecule has 1 aromatic carbocycles. The van der Waals surface area contributed by atoms with Crippen molar-refractivity contribution in [3.8, 4) is 0 Å². The summed E-state index contributed by atoms with van der Waals surface area (Å²) in [4.78, 5) is 15.3. The minimum Gasteiger partial charge on any atom is -0.511 e. The molecule has 4 unspecified atom stereocenters. The molecule has 0 spiro atoms. The van der Waals surface area contributed by atoms with Crippen molar-refractivity contribution < 1.29 is 26.7 Å². The number of rotatable bonds is 6. The molecule has 35 heavy (non-hydrogen) atoms. The fourth-order valence-corrected chi connectivity index (χ4v) is 7.77. The monoisotopic (exact) mass is 522 g/mol. The van der Waals surface area contributed by atoms with Crippen LogP contribution in [0.2, 0.25) is 0 Å². The second-order valence-corrected chi connectivity index (χ2v) is 13.7.